The predicted octanol–water partition coefficient (Wildman–Crippen LogP) is 3.43. The van der Waals surface area contributed by atoms with Crippen LogP contribution in [0.2, 0.25) is 0 Å². The van der Waals surface area contributed by atoms with Crippen LogP contribution in [-0.2, 0) is 4.79 Å². The van der Waals surface area contributed by atoms with Gasteiger partial charge in [0.25, 0.3) is 0 Å². The Hall–Kier alpha value is -0.240. The van der Waals surface area contributed by atoms with Crippen LogP contribution in [0.25, 0.3) is 0 Å². The molecule has 1 unspecified atom stereocenters. The van der Waals surface area contributed by atoms with Crippen molar-refractivity contribution in [2.24, 2.45) is 11.8 Å². The van der Waals surface area contributed by atoms with E-state index in [4.69, 9.17) is 11.6 Å². The Labute approximate surface area is 110 Å². The summed E-state index contributed by atoms with van der Waals surface area (Å²) in [6.07, 6.45) is 9.78. The number of rotatable bonds is 3. The monoisotopic (exact) mass is 257 g/mol. The summed E-state index contributed by atoms with van der Waals surface area (Å²) in [6, 6.07) is 0. The van der Waals surface area contributed by atoms with E-state index in [1.807, 2.05) is 4.90 Å². The van der Waals surface area contributed by atoms with Crippen molar-refractivity contribution in [1.29, 1.82) is 0 Å². The molecule has 2 nitrogen and oxygen atoms in total. The molecule has 2 aliphatic rings. The minimum atomic E-state index is 0.379. The molecular formula is C14H24ClNO. The van der Waals surface area contributed by atoms with E-state index in [0.29, 0.717) is 23.6 Å². The van der Waals surface area contributed by atoms with E-state index in [-0.39, 0.29) is 0 Å². The van der Waals surface area contributed by atoms with Crippen molar-refractivity contribution in [3.05, 3.63) is 0 Å². The SMILES string of the molecule is O=C(CC1CCCCCC1)N1CCC(CCl)C1. The van der Waals surface area contributed by atoms with E-state index < -0.39 is 0 Å². The van der Waals surface area contributed by atoms with Crippen molar-refractivity contribution in [2.75, 3.05) is 19.0 Å². The lowest BCUT2D eigenvalue weighted by molar-refractivity contribution is -0.131. The molecule has 0 bridgehead atoms. The Bertz CT molecular complexity index is 249. The van der Waals surface area contributed by atoms with Crippen LogP contribution in [0, 0.1) is 11.8 Å². The van der Waals surface area contributed by atoms with Crippen molar-refractivity contribution in [3.8, 4) is 0 Å². The first-order chi connectivity index (χ1) is 8.29. The standard InChI is InChI=1S/C14H24ClNO/c15-10-13-7-8-16(11-13)14(17)9-12-5-3-1-2-4-6-12/h12-13H,1-11H2. The van der Waals surface area contributed by atoms with Crippen molar-refractivity contribution < 1.29 is 4.79 Å². The van der Waals surface area contributed by atoms with E-state index in [1.54, 1.807) is 0 Å². The lowest BCUT2D eigenvalue weighted by Crippen LogP contribution is -2.30. The summed E-state index contributed by atoms with van der Waals surface area (Å²) in [4.78, 5) is 14.2. The molecule has 1 aliphatic carbocycles. The molecule has 2 fully saturated rings. The lowest BCUT2D eigenvalue weighted by atomic mass is 9.96. The molecule has 2 rings (SSSR count). The number of halogens is 1. The molecule has 1 saturated carbocycles. The van der Waals surface area contributed by atoms with Crippen LogP contribution < -0.4 is 0 Å². The second kappa shape index (κ2) is 6.63. The van der Waals surface area contributed by atoms with Crippen LogP contribution in [-0.4, -0.2) is 29.8 Å². The Balaban J connectivity index is 1.76. The summed E-state index contributed by atoms with van der Waals surface area (Å²) in [6.45, 7) is 1.83. The van der Waals surface area contributed by atoms with Gasteiger partial charge < -0.3 is 4.90 Å². The minimum absolute atomic E-state index is 0.379. The molecule has 1 saturated heterocycles. The zero-order valence-electron chi connectivity index (χ0n) is 10.7. The summed E-state index contributed by atoms with van der Waals surface area (Å²) in [5.74, 6) is 2.27. The van der Waals surface area contributed by atoms with Crippen LogP contribution >= 0.6 is 11.6 Å². The van der Waals surface area contributed by atoms with E-state index in [0.717, 1.165) is 25.9 Å². The smallest absolute Gasteiger partial charge is 0.222 e. The maximum Gasteiger partial charge on any atom is 0.222 e. The van der Waals surface area contributed by atoms with Crippen molar-refractivity contribution >= 4 is 17.5 Å². The molecule has 98 valence electrons. The van der Waals surface area contributed by atoms with Gasteiger partial charge in [0.15, 0.2) is 0 Å². The van der Waals surface area contributed by atoms with Gasteiger partial charge in [-0.25, -0.2) is 0 Å². The normalized spacial score (nSPS) is 27.1. The van der Waals surface area contributed by atoms with Crippen LogP contribution in [0.4, 0.5) is 0 Å². The lowest BCUT2D eigenvalue weighted by Gasteiger charge is -2.20. The number of nitrogens with zero attached hydrogens (tertiary/aromatic N) is 1. The maximum atomic E-state index is 12.2. The summed E-state index contributed by atoms with van der Waals surface area (Å²) in [5, 5.41) is 0. The number of alkyl halides is 1. The summed E-state index contributed by atoms with van der Waals surface area (Å²) >= 11 is 5.85. The van der Waals surface area contributed by atoms with Crippen LogP contribution in [0.3, 0.4) is 0 Å². The topological polar surface area (TPSA) is 20.3 Å². The second-order valence-corrected chi connectivity index (χ2v) is 6.02. The number of hydrogen-bond acceptors (Lipinski definition) is 1. The average Bonchev–Trinajstić information content (AvgIpc) is 2.68. The number of amides is 1. The third-order valence-electron chi connectivity index (χ3n) is 4.29. The molecule has 0 radical (unpaired) electrons. The third-order valence-corrected chi connectivity index (χ3v) is 4.73. The fraction of sp³-hybridized carbons (Fsp3) is 0.929. The number of carbonyl (C=O) groups is 1. The third kappa shape index (κ3) is 3.87. The van der Waals surface area contributed by atoms with E-state index >= 15 is 0 Å². The fourth-order valence-electron chi connectivity index (χ4n) is 3.13. The first-order valence-electron chi connectivity index (χ1n) is 7.13. The fourth-order valence-corrected chi connectivity index (χ4v) is 3.38. The van der Waals surface area contributed by atoms with Crippen molar-refractivity contribution in [3.63, 3.8) is 0 Å². The van der Waals surface area contributed by atoms with Crippen molar-refractivity contribution in [2.45, 2.75) is 51.4 Å². The van der Waals surface area contributed by atoms with Gasteiger partial charge in [-0.15, -0.1) is 11.6 Å². The van der Waals surface area contributed by atoms with E-state index in [9.17, 15) is 4.79 Å². The molecule has 3 heteroatoms. The van der Waals surface area contributed by atoms with Crippen LogP contribution in [0.1, 0.15) is 51.4 Å². The Morgan fingerprint density at radius 1 is 1.06 bits per heavy atom. The Morgan fingerprint density at radius 3 is 2.35 bits per heavy atom. The van der Waals surface area contributed by atoms with Gasteiger partial charge in [0.1, 0.15) is 0 Å². The Kier molecular flexibility index (Phi) is 5.15. The minimum Gasteiger partial charge on any atom is -0.342 e. The molecule has 1 aliphatic heterocycles. The largest absolute Gasteiger partial charge is 0.342 e. The first kappa shape index (κ1) is 13.2. The van der Waals surface area contributed by atoms with Gasteiger partial charge in [0, 0.05) is 25.4 Å². The highest BCUT2D eigenvalue weighted by Gasteiger charge is 2.27. The summed E-state index contributed by atoms with van der Waals surface area (Å²) in [5.41, 5.74) is 0. The van der Waals surface area contributed by atoms with Gasteiger partial charge in [0.05, 0.1) is 0 Å². The van der Waals surface area contributed by atoms with Gasteiger partial charge in [-0.2, -0.15) is 0 Å². The molecule has 1 heterocycles. The van der Waals surface area contributed by atoms with Crippen molar-refractivity contribution in [1.82, 2.24) is 4.90 Å². The predicted molar refractivity (Wildman–Crippen MR) is 71.2 cm³/mol. The zero-order valence-corrected chi connectivity index (χ0v) is 11.4. The van der Waals surface area contributed by atoms with Crippen LogP contribution in [0.5, 0.6) is 0 Å². The highest BCUT2D eigenvalue weighted by molar-refractivity contribution is 6.18. The number of hydrogen-bond donors (Lipinski definition) is 0. The highest BCUT2D eigenvalue weighted by Crippen LogP contribution is 2.27. The molecule has 17 heavy (non-hydrogen) atoms. The quantitative estimate of drug-likeness (QED) is 0.560. The van der Waals surface area contributed by atoms with Gasteiger partial charge in [-0.1, -0.05) is 25.7 Å². The molecule has 0 aromatic heterocycles. The van der Waals surface area contributed by atoms with Gasteiger partial charge in [0.2, 0.25) is 5.91 Å². The van der Waals surface area contributed by atoms with Gasteiger partial charge >= 0.3 is 0 Å². The molecule has 0 aromatic carbocycles. The molecular weight excluding hydrogens is 234 g/mol. The van der Waals surface area contributed by atoms with Crippen LogP contribution in [0.15, 0.2) is 0 Å². The van der Waals surface area contributed by atoms with Gasteiger partial charge in [-0.05, 0) is 31.1 Å². The van der Waals surface area contributed by atoms with E-state index in [2.05, 4.69) is 0 Å². The molecule has 1 atom stereocenters. The molecule has 0 N–H and O–H groups in total. The summed E-state index contributed by atoms with van der Waals surface area (Å²) < 4.78 is 0. The van der Waals surface area contributed by atoms with Gasteiger partial charge in [-0.3, -0.25) is 4.79 Å². The molecule has 0 aromatic rings. The zero-order chi connectivity index (χ0) is 12.1. The second-order valence-electron chi connectivity index (χ2n) is 5.71. The summed E-state index contributed by atoms with van der Waals surface area (Å²) in [7, 11) is 0. The maximum absolute atomic E-state index is 12.2. The van der Waals surface area contributed by atoms with E-state index in [1.165, 1.54) is 38.5 Å². The number of likely N-dealkylation sites (tertiary alicyclic amines) is 1. The first-order valence-corrected chi connectivity index (χ1v) is 7.67. The number of carbonyl (C=O) groups excluding carboxylic acids is 1. The molecule has 1 amide bonds. The Morgan fingerprint density at radius 2 is 1.76 bits per heavy atom. The molecule has 0 spiro atoms. The highest BCUT2D eigenvalue weighted by atomic mass is 35.5. The average molecular weight is 258 g/mol.